The van der Waals surface area contributed by atoms with Gasteiger partial charge in [-0.25, -0.2) is 4.79 Å². The number of aryl methyl sites for hydroxylation is 1. The lowest BCUT2D eigenvalue weighted by atomic mass is 10.1. The van der Waals surface area contributed by atoms with Gasteiger partial charge in [0.1, 0.15) is 0 Å². The average Bonchev–Trinajstić information content (AvgIpc) is 3.24. The molecular formula is C24H28N6O3S. The Balaban J connectivity index is 1.41. The van der Waals surface area contributed by atoms with Crippen molar-refractivity contribution in [2.24, 2.45) is 0 Å². The fourth-order valence-corrected chi connectivity index (χ4v) is 4.36. The number of nitrogens with zero attached hydrogens (tertiary/aromatic N) is 4. The van der Waals surface area contributed by atoms with E-state index in [-0.39, 0.29) is 5.75 Å². The molecule has 2 aromatic carbocycles. The molecule has 34 heavy (non-hydrogen) atoms. The van der Waals surface area contributed by atoms with Crippen molar-refractivity contribution in [3.8, 4) is 0 Å². The van der Waals surface area contributed by atoms with Crippen LogP contribution in [0.1, 0.15) is 16.7 Å². The van der Waals surface area contributed by atoms with E-state index in [0.717, 1.165) is 35.7 Å². The zero-order chi connectivity index (χ0) is 23.9. The van der Waals surface area contributed by atoms with Crippen molar-refractivity contribution >= 4 is 35.3 Å². The Bertz CT molecular complexity index is 1140. The SMILES string of the molecule is Cc1cccc(NC(=O)NC(=O)CSc2nnc(N3CCOCC3)n2Cc2ccccc2)c1C. The van der Waals surface area contributed by atoms with Crippen molar-refractivity contribution < 1.29 is 14.3 Å². The van der Waals surface area contributed by atoms with Gasteiger partial charge in [0, 0.05) is 18.8 Å². The summed E-state index contributed by atoms with van der Waals surface area (Å²) in [7, 11) is 0. The third kappa shape index (κ3) is 5.95. The molecule has 0 radical (unpaired) electrons. The molecule has 3 amide bonds. The highest BCUT2D eigenvalue weighted by Crippen LogP contribution is 2.24. The number of hydrogen-bond acceptors (Lipinski definition) is 7. The minimum Gasteiger partial charge on any atom is -0.378 e. The highest BCUT2D eigenvalue weighted by molar-refractivity contribution is 7.99. The predicted octanol–water partition coefficient (Wildman–Crippen LogP) is 3.22. The number of ether oxygens (including phenoxy) is 1. The number of amides is 3. The number of carbonyl (C=O) groups is 2. The Morgan fingerprint density at radius 2 is 1.79 bits per heavy atom. The zero-order valence-electron chi connectivity index (χ0n) is 19.3. The molecule has 4 rings (SSSR count). The first-order chi connectivity index (χ1) is 16.5. The molecule has 10 heteroatoms. The molecule has 1 aliphatic rings. The van der Waals surface area contributed by atoms with Crippen LogP contribution in [0.15, 0.2) is 53.7 Å². The van der Waals surface area contributed by atoms with Gasteiger partial charge in [0.25, 0.3) is 0 Å². The minimum atomic E-state index is -0.556. The second kappa shape index (κ2) is 11.2. The van der Waals surface area contributed by atoms with Gasteiger partial charge >= 0.3 is 6.03 Å². The molecule has 0 spiro atoms. The van der Waals surface area contributed by atoms with Gasteiger partial charge in [-0.05, 0) is 36.6 Å². The maximum Gasteiger partial charge on any atom is 0.325 e. The normalized spacial score (nSPS) is 13.5. The summed E-state index contributed by atoms with van der Waals surface area (Å²) in [5.41, 5.74) is 3.81. The molecule has 178 valence electrons. The number of thioether (sulfide) groups is 1. The van der Waals surface area contributed by atoms with E-state index in [1.54, 1.807) is 6.07 Å². The molecule has 1 aromatic heterocycles. The van der Waals surface area contributed by atoms with E-state index in [0.29, 0.717) is 30.6 Å². The molecule has 2 heterocycles. The lowest BCUT2D eigenvalue weighted by Gasteiger charge is -2.28. The lowest BCUT2D eigenvalue weighted by molar-refractivity contribution is -0.117. The number of imide groups is 1. The number of benzene rings is 2. The second-order valence-electron chi connectivity index (χ2n) is 7.99. The van der Waals surface area contributed by atoms with E-state index >= 15 is 0 Å². The molecule has 1 fully saturated rings. The van der Waals surface area contributed by atoms with E-state index in [1.807, 2.05) is 60.9 Å². The maximum absolute atomic E-state index is 12.5. The van der Waals surface area contributed by atoms with Crippen LogP contribution in [0.5, 0.6) is 0 Å². The van der Waals surface area contributed by atoms with Crippen molar-refractivity contribution in [3.63, 3.8) is 0 Å². The van der Waals surface area contributed by atoms with E-state index in [9.17, 15) is 9.59 Å². The van der Waals surface area contributed by atoms with Gasteiger partial charge in [-0.15, -0.1) is 10.2 Å². The molecule has 3 aromatic rings. The van der Waals surface area contributed by atoms with Crippen LogP contribution in [-0.2, 0) is 16.1 Å². The monoisotopic (exact) mass is 480 g/mol. The summed E-state index contributed by atoms with van der Waals surface area (Å²) in [6.07, 6.45) is 0. The number of nitrogens with one attached hydrogen (secondary N) is 2. The quantitative estimate of drug-likeness (QED) is 0.501. The topological polar surface area (TPSA) is 101 Å². The Morgan fingerprint density at radius 1 is 1.03 bits per heavy atom. The van der Waals surface area contributed by atoms with Crippen LogP contribution in [0.4, 0.5) is 16.4 Å². The van der Waals surface area contributed by atoms with Crippen LogP contribution in [0.3, 0.4) is 0 Å². The third-order valence-corrected chi connectivity index (χ3v) is 6.58. The fourth-order valence-electron chi connectivity index (χ4n) is 3.62. The number of carbonyl (C=O) groups excluding carboxylic acids is 2. The van der Waals surface area contributed by atoms with Gasteiger partial charge in [0.2, 0.25) is 11.9 Å². The first-order valence-corrected chi connectivity index (χ1v) is 12.1. The number of hydrogen-bond donors (Lipinski definition) is 2. The van der Waals surface area contributed by atoms with Crippen LogP contribution < -0.4 is 15.5 Å². The Morgan fingerprint density at radius 3 is 2.56 bits per heavy atom. The van der Waals surface area contributed by atoms with Crippen LogP contribution in [0, 0.1) is 13.8 Å². The Labute approximate surface area is 202 Å². The van der Waals surface area contributed by atoms with E-state index in [1.165, 1.54) is 11.8 Å². The Hall–Kier alpha value is -3.37. The molecule has 0 bridgehead atoms. The maximum atomic E-state index is 12.5. The molecule has 1 saturated heterocycles. The molecule has 0 atom stereocenters. The molecule has 2 N–H and O–H groups in total. The van der Waals surface area contributed by atoms with Crippen molar-refractivity contribution in [1.82, 2.24) is 20.1 Å². The van der Waals surface area contributed by atoms with Crippen LogP contribution in [0.2, 0.25) is 0 Å². The molecule has 0 unspecified atom stereocenters. The number of rotatable bonds is 7. The second-order valence-corrected chi connectivity index (χ2v) is 8.93. The van der Waals surface area contributed by atoms with E-state index < -0.39 is 11.9 Å². The summed E-state index contributed by atoms with van der Waals surface area (Å²) in [6, 6.07) is 15.1. The summed E-state index contributed by atoms with van der Waals surface area (Å²) in [6.45, 7) is 7.22. The van der Waals surface area contributed by atoms with Crippen LogP contribution in [-0.4, -0.2) is 58.8 Å². The van der Waals surface area contributed by atoms with Gasteiger partial charge in [-0.1, -0.05) is 54.2 Å². The average molecular weight is 481 g/mol. The van der Waals surface area contributed by atoms with Gasteiger partial charge in [-0.2, -0.15) is 0 Å². The summed E-state index contributed by atoms with van der Waals surface area (Å²) in [4.78, 5) is 26.9. The minimum absolute atomic E-state index is 0.0380. The largest absolute Gasteiger partial charge is 0.378 e. The molecular weight excluding hydrogens is 452 g/mol. The molecule has 1 aliphatic heterocycles. The van der Waals surface area contributed by atoms with Crippen molar-refractivity contribution in [1.29, 1.82) is 0 Å². The number of urea groups is 1. The molecule has 0 aliphatic carbocycles. The highest BCUT2D eigenvalue weighted by Gasteiger charge is 2.22. The number of anilines is 2. The van der Waals surface area contributed by atoms with Crippen LogP contribution in [0.25, 0.3) is 0 Å². The van der Waals surface area contributed by atoms with E-state index in [2.05, 4.69) is 25.7 Å². The number of morpholine rings is 1. The third-order valence-electron chi connectivity index (χ3n) is 5.61. The van der Waals surface area contributed by atoms with Gasteiger partial charge in [0.15, 0.2) is 5.16 Å². The summed E-state index contributed by atoms with van der Waals surface area (Å²) in [5.74, 6) is 0.383. The molecule has 0 saturated carbocycles. The Kier molecular flexibility index (Phi) is 7.81. The zero-order valence-corrected chi connectivity index (χ0v) is 20.1. The predicted molar refractivity (Wildman–Crippen MR) is 132 cm³/mol. The van der Waals surface area contributed by atoms with Crippen LogP contribution >= 0.6 is 11.8 Å². The fraction of sp³-hybridized carbons (Fsp3) is 0.333. The van der Waals surface area contributed by atoms with Crippen molar-refractivity contribution in [3.05, 3.63) is 65.2 Å². The highest BCUT2D eigenvalue weighted by atomic mass is 32.2. The van der Waals surface area contributed by atoms with Gasteiger partial charge in [0.05, 0.1) is 25.5 Å². The van der Waals surface area contributed by atoms with Crippen molar-refractivity contribution in [2.75, 3.05) is 42.3 Å². The van der Waals surface area contributed by atoms with E-state index in [4.69, 9.17) is 4.74 Å². The first kappa shape index (κ1) is 23.8. The summed E-state index contributed by atoms with van der Waals surface area (Å²) >= 11 is 1.25. The van der Waals surface area contributed by atoms with Gasteiger partial charge < -0.3 is 15.0 Å². The molecule has 9 nitrogen and oxygen atoms in total. The lowest BCUT2D eigenvalue weighted by Crippen LogP contribution is -2.38. The summed E-state index contributed by atoms with van der Waals surface area (Å²) in [5, 5.41) is 14.5. The standard InChI is InChI=1S/C24H28N6O3S/c1-17-7-6-10-20(18(17)2)25-22(32)26-21(31)16-34-24-28-27-23(29-11-13-33-14-12-29)30(24)15-19-8-4-3-5-9-19/h3-10H,11-16H2,1-2H3,(H2,25,26,31,32). The van der Waals surface area contributed by atoms with Gasteiger partial charge in [-0.3, -0.25) is 14.7 Å². The number of aromatic nitrogens is 3. The van der Waals surface area contributed by atoms with Crippen molar-refractivity contribution in [2.45, 2.75) is 25.5 Å². The smallest absolute Gasteiger partial charge is 0.325 e. The first-order valence-electron chi connectivity index (χ1n) is 11.1. The summed E-state index contributed by atoms with van der Waals surface area (Å²) < 4.78 is 7.47.